The summed E-state index contributed by atoms with van der Waals surface area (Å²) in [4.78, 5) is 0. The second-order valence-electron chi connectivity index (χ2n) is 5.54. The number of nitrogens with zero attached hydrogens (tertiary/aromatic N) is 1. The van der Waals surface area contributed by atoms with Crippen LogP contribution in [-0.4, -0.2) is 17.3 Å². The number of rotatable bonds is 6. The van der Waals surface area contributed by atoms with Gasteiger partial charge in [-0.2, -0.15) is 5.26 Å². The molecule has 2 unspecified atom stereocenters. The van der Waals surface area contributed by atoms with E-state index in [1.807, 2.05) is 11.8 Å². The van der Waals surface area contributed by atoms with Crippen molar-refractivity contribution in [3.63, 3.8) is 0 Å². The Bertz CT molecular complexity index is 422. The molecule has 0 amide bonds. The van der Waals surface area contributed by atoms with E-state index in [2.05, 4.69) is 42.7 Å². The first kappa shape index (κ1) is 14.9. The fraction of sp³-hybridized carbons (Fsp3) is 0.667. The van der Waals surface area contributed by atoms with Crippen LogP contribution < -0.4 is 5.32 Å². The summed E-state index contributed by atoms with van der Waals surface area (Å²) in [6.45, 7) is 4.27. The van der Waals surface area contributed by atoms with E-state index in [-0.39, 0.29) is 5.54 Å². The lowest BCUT2D eigenvalue weighted by atomic mass is 9.86. The normalized spacial score (nSPS) is 26.7. The van der Waals surface area contributed by atoms with Crippen LogP contribution in [0.15, 0.2) is 21.7 Å². The first-order chi connectivity index (χ1) is 9.16. The number of nitrogens with one attached hydrogen (secondary N) is 1. The molecule has 0 saturated heterocycles. The van der Waals surface area contributed by atoms with Gasteiger partial charge in [0.1, 0.15) is 5.54 Å². The zero-order chi connectivity index (χ0) is 13.7. The van der Waals surface area contributed by atoms with Crippen LogP contribution in [0, 0.1) is 17.2 Å². The quantitative estimate of drug-likeness (QED) is 0.795. The number of thioether (sulfide) groups is 1. The van der Waals surface area contributed by atoms with Crippen LogP contribution in [0.4, 0.5) is 0 Å². The predicted octanol–water partition coefficient (Wildman–Crippen LogP) is 4.29. The molecule has 1 saturated carbocycles. The number of hydrogen-bond acceptors (Lipinski definition) is 4. The minimum Gasteiger partial charge on any atom is -0.297 e. The molecule has 1 fully saturated rings. The predicted molar refractivity (Wildman–Crippen MR) is 83.6 cm³/mol. The van der Waals surface area contributed by atoms with Crippen molar-refractivity contribution in [3.05, 3.63) is 17.5 Å². The molecule has 0 bridgehead atoms. The van der Waals surface area contributed by atoms with Gasteiger partial charge in [-0.25, -0.2) is 0 Å². The molecule has 1 aliphatic carbocycles. The molecule has 1 aliphatic rings. The van der Waals surface area contributed by atoms with Crippen molar-refractivity contribution in [1.29, 1.82) is 5.26 Å². The number of thiophene rings is 1. The minimum absolute atomic E-state index is 0.274. The van der Waals surface area contributed by atoms with Gasteiger partial charge in [0, 0.05) is 6.04 Å². The van der Waals surface area contributed by atoms with Gasteiger partial charge in [0.15, 0.2) is 0 Å². The zero-order valence-corrected chi connectivity index (χ0v) is 13.3. The highest BCUT2D eigenvalue weighted by atomic mass is 32.2. The van der Waals surface area contributed by atoms with Crippen LogP contribution in [0.25, 0.3) is 0 Å². The van der Waals surface area contributed by atoms with Gasteiger partial charge in [-0.3, -0.25) is 5.32 Å². The molecule has 19 heavy (non-hydrogen) atoms. The molecular formula is C15H22N2S2. The van der Waals surface area contributed by atoms with E-state index in [4.69, 9.17) is 0 Å². The Morgan fingerprint density at radius 1 is 1.63 bits per heavy atom. The summed E-state index contributed by atoms with van der Waals surface area (Å²) >= 11 is 3.73. The summed E-state index contributed by atoms with van der Waals surface area (Å²) in [7, 11) is 0. The molecule has 2 rings (SSSR count). The first-order valence-corrected chi connectivity index (χ1v) is 8.88. The van der Waals surface area contributed by atoms with Gasteiger partial charge in [0.2, 0.25) is 0 Å². The molecule has 0 spiro atoms. The Morgan fingerprint density at radius 2 is 2.47 bits per heavy atom. The van der Waals surface area contributed by atoms with Crippen LogP contribution in [0.2, 0.25) is 0 Å². The highest BCUT2D eigenvalue weighted by Crippen LogP contribution is 2.39. The van der Waals surface area contributed by atoms with E-state index < -0.39 is 0 Å². The van der Waals surface area contributed by atoms with Crippen molar-refractivity contribution in [2.75, 3.05) is 5.75 Å². The summed E-state index contributed by atoms with van der Waals surface area (Å²) in [5.74, 6) is 1.63. The SMILES string of the molecule is CC(C)NC1(C#N)CCCC1CCSc1cccs1. The van der Waals surface area contributed by atoms with Crippen LogP contribution in [0.3, 0.4) is 0 Å². The van der Waals surface area contributed by atoms with Crippen molar-refractivity contribution in [2.24, 2.45) is 5.92 Å². The smallest absolute Gasteiger partial charge is 0.109 e. The molecule has 1 heterocycles. The highest BCUT2D eigenvalue weighted by molar-refractivity contribution is 8.01. The molecule has 104 valence electrons. The molecule has 2 nitrogen and oxygen atoms in total. The van der Waals surface area contributed by atoms with E-state index in [1.165, 1.54) is 17.1 Å². The molecule has 1 aromatic rings. The second-order valence-corrected chi connectivity index (χ2v) is 7.88. The van der Waals surface area contributed by atoms with E-state index in [0.717, 1.165) is 18.6 Å². The van der Waals surface area contributed by atoms with Gasteiger partial charge in [-0.1, -0.05) is 12.5 Å². The Hall–Kier alpha value is -0.500. The van der Waals surface area contributed by atoms with Crippen LogP contribution >= 0.6 is 23.1 Å². The monoisotopic (exact) mass is 294 g/mol. The lowest BCUT2D eigenvalue weighted by Crippen LogP contribution is -2.50. The summed E-state index contributed by atoms with van der Waals surface area (Å²) in [5, 5.41) is 15.3. The molecule has 0 aliphatic heterocycles. The van der Waals surface area contributed by atoms with Crippen molar-refractivity contribution >= 4 is 23.1 Å². The van der Waals surface area contributed by atoms with Crippen molar-refractivity contribution in [1.82, 2.24) is 5.32 Å². The number of nitriles is 1. The maximum absolute atomic E-state index is 9.60. The van der Waals surface area contributed by atoms with Crippen LogP contribution in [0.5, 0.6) is 0 Å². The standard InChI is InChI=1S/C15H22N2S2/c1-12(2)17-15(11-16)8-3-5-13(15)7-10-19-14-6-4-9-18-14/h4,6,9,12-13,17H,3,5,7-8,10H2,1-2H3. The Labute approximate surface area is 124 Å². The third kappa shape index (κ3) is 3.75. The van der Waals surface area contributed by atoms with E-state index in [1.54, 1.807) is 11.3 Å². The van der Waals surface area contributed by atoms with Crippen LogP contribution in [-0.2, 0) is 0 Å². The highest BCUT2D eigenvalue weighted by Gasteiger charge is 2.42. The third-order valence-electron chi connectivity index (χ3n) is 3.77. The Morgan fingerprint density at radius 3 is 3.11 bits per heavy atom. The summed E-state index contributed by atoms with van der Waals surface area (Å²) in [5.41, 5.74) is -0.274. The molecule has 0 radical (unpaired) electrons. The molecular weight excluding hydrogens is 272 g/mol. The summed E-state index contributed by atoms with van der Waals surface area (Å²) < 4.78 is 1.39. The topological polar surface area (TPSA) is 35.8 Å². The molecule has 4 heteroatoms. The van der Waals surface area contributed by atoms with Gasteiger partial charge in [-0.15, -0.1) is 23.1 Å². The molecule has 0 aromatic carbocycles. The Balaban J connectivity index is 1.89. The van der Waals surface area contributed by atoms with E-state index in [9.17, 15) is 5.26 Å². The third-order valence-corrected chi connectivity index (χ3v) is 5.94. The van der Waals surface area contributed by atoms with Crippen molar-refractivity contribution in [3.8, 4) is 6.07 Å². The average molecular weight is 294 g/mol. The fourth-order valence-corrected chi connectivity index (χ4v) is 4.92. The summed E-state index contributed by atoms with van der Waals surface area (Å²) in [6, 6.07) is 7.24. The lowest BCUT2D eigenvalue weighted by molar-refractivity contribution is 0.289. The molecule has 1 N–H and O–H groups in total. The van der Waals surface area contributed by atoms with Gasteiger partial charge in [0.05, 0.1) is 10.3 Å². The van der Waals surface area contributed by atoms with E-state index >= 15 is 0 Å². The van der Waals surface area contributed by atoms with Gasteiger partial charge in [-0.05, 0) is 56.2 Å². The molecule has 1 aromatic heterocycles. The first-order valence-electron chi connectivity index (χ1n) is 7.01. The van der Waals surface area contributed by atoms with Crippen LogP contribution in [0.1, 0.15) is 39.5 Å². The average Bonchev–Trinajstić information content (AvgIpc) is 3.00. The largest absolute Gasteiger partial charge is 0.297 e. The zero-order valence-electron chi connectivity index (χ0n) is 11.7. The van der Waals surface area contributed by atoms with Crippen molar-refractivity contribution < 1.29 is 0 Å². The Kier molecular flexibility index (Phi) is 5.32. The maximum Gasteiger partial charge on any atom is 0.109 e. The summed E-state index contributed by atoms with van der Waals surface area (Å²) in [6.07, 6.45) is 4.52. The minimum atomic E-state index is -0.274. The number of hydrogen-bond donors (Lipinski definition) is 1. The maximum atomic E-state index is 9.60. The van der Waals surface area contributed by atoms with E-state index in [0.29, 0.717) is 12.0 Å². The van der Waals surface area contributed by atoms with Crippen molar-refractivity contribution in [2.45, 2.75) is 55.3 Å². The molecule has 2 atom stereocenters. The van der Waals surface area contributed by atoms with Gasteiger partial charge >= 0.3 is 0 Å². The fourth-order valence-electron chi connectivity index (χ4n) is 3.00. The van der Waals surface area contributed by atoms with Gasteiger partial charge < -0.3 is 0 Å². The lowest BCUT2D eigenvalue weighted by Gasteiger charge is -2.32. The second kappa shape index (κ2) is 6.78. The van der Waals surface area contributed by atoms with Gasteiger partial charge in [0.25, 0.3) is 0 Å².